The maximum Gasteiger partial charge on any atom is 0.326 e. The molecule has 1 aliphatic rings. The molecule has 1 N–H and O–H groups in total. The predicted octanol–water partition coefficient (Wildman–Crippen LogP) is 3.65. The smallest absolute Gasteiger partial charge is 0.326 e. The van der Waals surface area contributed by atoms with Crippen molar-refractivity contribution < 1.29 is 19.4 Å². The van der Waals surface area contributed by atoms with Crippen molar-refractivity contribution in [1.82, 2.24) is 15.1 Å². The third-order valence-corrected chi connectivity index (χ3v) is 4.74. The first-order valence-corrected chi connectivity index (χ1v) is 8.65. The van der Waals surface area contributed by atoms with Gasteiger partial charge in [-0.25, -0.2) is 4.79 Å². The SMILES string of the molecule is CC(C(=O)O)N(C(=O)c1ccc(Oc2cccc(Cl)c2Cl)nn1)C1CC1. The van der Waals surface area contributed by atoms with Gasteiger partial charge in [0.1, 0.15) is 16.8 Å². The lowest BCUT2D eigenvalue weighted by atomic mass is 10.2. The van der Waals surface area contributed by atoms with Crippen LogP contribution in [0.4, 0.5) is 0 Å². The van der Waals surface area contributed by atoms with Gasteiger partial charge in [0.15, 0.2) is 5.69 Å². The van der Waals surface area contributed by atoms with Gasteiger partial charge in [-0.2, -0.15) is 0 Å². The molecule has 9 heteroatoms. The van der Waals surface area contributed by atoms with E-state index in [2.05, 4.69) is 10.2 Å². The number of nitrogens with zero attached hydrogens (tertiary/aromatic N) is 3. The molecule has 0 radical (unpaired) electrons. The molecule has 1 aromatic heterocycles. The molecular formula is C17H15Cl2N3O4. The van der Waals surface area contributed by atoms with E-state index < -0.39 is 17.9 Å². The summed E-state index contributed by atoms with van der Waals surface area (Å²) in [7, 11) is 0. The number of carboxylic acid groups (broad SMARTS) is 1. The number of carboxylic acids is 1. The molecule has 1 saturated carbocycles. The monoisotopic (exact) mass is 395 g/mol. The van der Waals surface area contributed by atoms with E-state index in [9.17, 15) is 14.7 Å². The maximum absolute atomic E-state index is 12.6. The van der Waals surface area contributed by atoms with E-state index in [1.54, 1.807) is 18.2 Å². The standard InChI is InChI=1S/C17H15Cl2N3O4/c1-9(17(24)25)22(10-5-6-10)16(23)12-7-8-14(21-20-12)26-13-4-2-3-11(18)15(13)19/h2-4,7-10H,5-6H2,1H3,(H,24,25). The van der Waals surface area contributed by atoms with Crippen molar-refractivity contribution >= 4 is 35.1 Å². The molecule has 3 rings (SSSR count). The highest BCUT2D eigenvalue weighted by Crippen LogP contribution is 2.34. The second-order valence-electron chi connectivity index (χ2n) is 5.87. The van der Waals surface area contributed by atoms with E-state index in [0.29, 0.717) is 10.8 Å². The lowest BCUT2D eigenvalue weighted by Crippen LogP contribution is -2.45. The van der Waals surface area contributed by atoms with Gasteiger partial charge >= 0.3 is 5.97 Å². The summed E-state index contributed by atoms with van der Waals surface area (Å²) in [5, 5.41) is 17.5. The lowest BCUT2D eigenvalue weighted by Gasteiger charge is -2.25. The molecule has 1 heterocycles. The highest BCUT2D eigenvalue weighted by molar-refractivity contribution is 6.42. The van der Waals surface area contributed by atoms with Crippen LogP contribution < -0.4 is 4.74 Å². The number of aromatic nitrogens is 2. The maximum atomic E-state index is 12.6. The van der Waals surface area contributed by atoms with Crippen molar-refractivity contribution in [2.75, 3.05) is 0 Å². The largest absolute Gasteiger partial charge is 0.480 e. The Hall–Kier alpha value is -2.38. The number of halogens is 2. The van der Waals surface area contributed by atoms with Gasteiger partial charge in [0.25, 0.3) is 5.91 Å². The average Bonchev–Trinajstić information content (AvgIpc) is 3.44. The molecule has 2 aromatic rings. The van der Waals surface area contributed by atoms with Gasteiger partial charge in [0.2, 0.25) is 5.88 Å². The average molecular weight is 396 g/mol. The van der Waals surface area contributed by atoms with Gasteiger partial charge in [-0.05, 0) is 38.0 Å². The fourth-order valence-corrected chi connectivity index (χ4v) is 2.76. The van der Waals surface area contributed by atoms with Gasteiger partial charge in [-0.3, -0.25) is 4.79 Å². The quantitative estimate of drug-likeness (QED) is 0.801. The number of amides is 1. The fraction of sp³-hybridized carbons (Fsp3) is 0.294. The topological polar surface area (TPSA) is 92.6 Å². The molecule has 0 saturated heterocycles. The van der Waals surface area contributed by atoms with Crippen LogP contribution in [-0.2, 0) is 4.79 Å². The number of carbonyl (C=O) groups excluding carboxylic acids is 1. The van der Waals surface area contributed by atoms with Crippen molar-refractivity contribution in [2.45, 2.75) is 31.8 Å². The van der Waals surface area contributed by atoms with Crippen LogP contribution in [0.5, 0.6) is 11.6 Å². The zero-order valence-electron chi connectivity index (χ0n) is 13.7. The van der Waals surface area contributed by atoms with E-state index in [0.717, 1.165) is 12.8 Å². The van der Waals surface area contributed by atoms with Crippen molar-refractivity contribution in [2.24, 2.45) is 0 Å². The summed E-state index contributed by atoms with van der Waals surface area (Å²) in [5.41, 5.74) is 0.0505. The van der Waals surface area contributed by atoms with E-state index in [1.807, 2.05) is 0 Å². The Morgan fingerprint density at radius 3 is 2.54 bits per heavy atom. The zero-order chi connectivity index (χ0) is 18.8. The molecule has 1 amide bonds. The van der Waals surface area contributed by atoms with E-state index in [-0.39, 0.29) is 22.6 Å². The van der Waals surface area contributed by atoms with Crippen molar-refractivity contribution in [3.8, 4) is 11.6 Å². The summed E-state index contributed by atoms with van der Waals surface area (Å²) in [4.78, 5) is 25.2. The highest BCUT2D eigenvalue weighted by Gasteiger charge is 2.39. The van der Waals surface area contributed by atoms with Crippen LogP contribution in [0.15, 0.2) is 30.3 Å². The summed E-state index contributed by atoms with van der Waals surface area (Å²) in [6.45, 7) is 1.48. The zero-order valence-corrected chi connectivity index (χ0v) is 15.2. The first kappa shape index (κ1) is 18.4. The van der Waals surface area contributed by atoms with Crippen molar-refractivity contribution in [3.63, 3.8) is 0 Å². The Morgan fingerprint density at radius 2 is 1.96 bits per heavy atom. The molecule has 0 spiro atoms. The summed E-state index contributed by atoms with van der Waals surface area (Å²) in [5.74, 6) is -1.09. The van der Waals surface area contributed by atoms with Gasteiger partial charge in [-0.15, -0.1) is 10.2 Å². The summed E-state index contributed by atoms with van der Waals surface area (Å²) < 4.78 is 5.52. The molecule has 0 aliphatic heterocycles. The molecule has 1 fully saturated rings. The van der Waals surface area contributed by atoms with Crippen LogP contribution in [0.25, 0.3) is 0 Å². The van der Waals surface area contributed by atoms with Crippen LogP contribution in [0.2, 0.25) is 10.0 Å². The molecule has 7 nitrogen and oxygen atoms in total. The fourth-order valence-electron chi connectivity index (χ4n) is 2.43. The van der Waals surface area contributed by atoms with Crippen molar-refractivity contribution in [1.29, 1.82) is 0 Å². The first-order valence-electron chi connectivity index (χ1n) is 7.89. The minimum Gasteiger partial charge on any atom is -0.480 e. The molecule has 1 unspecified atom stereocenters. The van der Waals surface area contributed by atoms with Crippen molar-refractivity contribution in [3.05, 3.63) is 46.1 Å². The number of hydrogen-bond acceptors (Lipinski definition) is 5. The van der Waals surface area contributed by atoms with Gasteiger partial charge < -0.3 is 14.7 Å². The van der Waals surface area contributed by atoms with Gasteiger partial charge in [0.05, 0.1) is 5.02 Å². The molecule has 1 aromatic carbocycles. The number of carbonyl (C=O) groups is 2. The molecule has 1 atom stereocenters. The van der Waals surface area contributed by atoms with Crippen LogP contribution in [0, 0.1) is 0 Å². The Bertz CT molecular complexity index is 840. The Morgan fingerprint density at radius 1 is 1.23 bits per heavy atom. The minimum atomic E-state index is -1.06. The first-order chi connectivity index (χ1) is 12.4. The summed E-state index contributed by atoms with van der Waals surface area (Å²) >= 11 is 12.0. The molecular weight excluding hydrogens is 381 g/mol. The van der Waals surface area contributed by atoms with E-state index in [1.165, 1.54) is 24.0 Å². The van der Waals surface area contributed by atoms with Crippen LogP contribution >= 0.6 is 23.2 Å². The minimum absolute atomic E-state index is 0.0505. The van der Waals surface area contributed by atoms with Crippen LogP contribution in [0.1, 0.15) is 30.3 Å². The van der Waals surface area contributed by atoms with E-state index >= 15 is 0 Å². The highest BCUT2D eigenvalue weighted by atomic mass is 35.5. The second-order valence-corrected chi connectivity index (χ2v) is 6.65. The van der Waals surface area contributed by atoms with Gasteiger partial charge in [0, 0.05) is 12.1 Å². The molecule has 0 bridgehead atoms. The Balaban J connectivity index is 1.77. The Labute approximate surface area is 159 Å². The van der Waals surface area contributed by atoms with E-state index in [4.69, 9.17) is 27.9 Å². The molecule has 26 heavy (non-hydrogen) atoms. The number of ether oxygens (including phenoxy) is 1. The third kappa shape index (κ3) is 3.89. The van der Waals surface area contributed by atoms with Crippen LogP contribution in [-0.4, -0.2) is 44.2 Å². The normalized spacial score (nSPS) is 14.6. The molecule has 1 aliphatic carbocycles. The number of benzene rings is 1. The molecule has 136 valence electrons. The number of aliphatic carboxylic acids is 1. The second kappa shape index (κ2) is 7.47. The van der Waals surface area contributed by atoms with Gasteiger partial charge in [-0.1, -0.05) is 29.3 Å². The summed E-state index contributed by atoms with van der Waals surface area (Å²) in [6.07, 6.45) is 1.57. The lowest BCUT2D eigenvalue weighted by molar-refractivity contribution is -0.141. The number of hydrogen-bond donors (Lipinski definition) is 1. The summed E-state index contributed by atoms with van der Waals surface area (Å²) in [6, 6.07) is 6.82. The van der Waals surface area contributed by atoms with Crippen LogP contribution in [0.3, 0.4) is 0 Å². The number of rotatable bonds is 6. The third-order valence-electron chi connectivity index (χ3n) is 3.94. The predicted molar refractivity (Wildman–Crippen MR) is 94.9 cm³/mol. The Kier molecular flexibility index (Phi) is 5.29.